The van der Waals surface area contributed by atoms with Crippen molar-refractivity contribution >= 4 is 23.3 Å². The zero-order valence-corrected chi connectivity index (χ0v) is 8.90. The third kappa shape index (κ3) is 2.67. The molecule has 2 unspecified atom stereocenters. The van der Waals surface area contributed by atoms with Gasteiger partial charge in [0.2, 0.25) is 0 Å². The SMILES string of the molecule is O=C(O)C(O)C(O)c1cncc([N+](=O)[O-])c1Cl. The average Bonchev–Trinajstić information content (AvgIpc) is 2.26. The van der Waals surface area contributed by atoms with Crippen LogP contribution >= 0.6 is 11.6 Å². The van der Waals surface area contributed by atoms with Crippen LogP contribution in [0.25, 0.3) is 0 Å². The van der Waals surface area contributed by atoms with Gasteiger partial charge in [0, 0.05) is 11.8 Å². The molecular formula is C8H7ClN2O6. The van der Waals surface area contributed by atoms with E-state index in [1.165, 1.54) is 0 Å². The van der Waals surface area contributed by atoms with Crippen molar-refractivity contribution in [1.29, 1.82) is 0 Å². The average molecular weight is 263 g/mol. The van der Waals surface area contributed by atoms with Gasteiger partial charge in [-0.2, -0.15) is 0 Å². The summed E-state index contributed by atoms with van der Waals surface area (Å²) in [5.74, 6) is -1.68. The summed E-state index contributed by atoms with van der Waals surface area (Å²) >= 11 is 5.60. The van der Waals surface area contributed by atoms with Crippen molar-refractivity contribution < 1.29 is 25.0 Å². The molecule has 1 rings (SSSR count). The lowest BCUT2D eigenvalue weighted by Crippen LogP contribution is -2.27. The number of aromatic nitrogens is 1. The van der Waals surface area contributed by atoms with E-state index in [9.17, 15) is 20.0 Å². The van der Waals surface area contributed by atoms with E-state index in [-0.39, 0.29) is 5.56 Å². The van der Waals surface area contributed by atoms with Gasteiger partial charge in [-0.3, -0.25) is 15.1 Å². The fourth-order valence-corrected chi connectivity index (χ4v) is 1.37. The molecule has 0 bridgehead atoms. The smallest absolute Gasteiger partial charge is 0.335 e. The Morgan fingerprint density at radius 3 is 2.53 bits per heavy atom. The van der Waals surface area contributed by atoms with E-state index in [1.54, 1.807) is 0 Å². The summed E-state index contributed by atoms with van der Waals surface area (Å²) < 4.78 is 0. The second-order valence-corrected chi connectivity index (χ2v) is 3.42. The molecule has 3 N–H and O–H groups in total. The first-order chi connectivity index (χ1) is 7.86. The number of nitrogens with zero attached hydrogens (tertiary/aromatic N) is 2. The third-order valence-electron chi connectivity index (χ3n) is 1.96. The van der Waals surface area contributed by atoms with Gasteiger partial charge in [-0.15, -0.1) is 0 Å². The van der Waals surface area contributed by atoms with E-state index in [2.05, 4.69) is 4.98 Å². The number of aliphatic carboxylic acids is 1. The number of aliphatic hydroxyl groups excluding tert-OH is 2. The molecule has 1 aromatic heterocycles. The second-order valence-electron chi connectivity index (χ2n) is 3.05. The molecule has 8 nitrogen and oxygen atoms in total. The molecule has 0 aliphatic heterocycles. The molecule has 0 radical (unpaired) electrons. The number of aliphatic hydroxyl groups is 2. The topological polar surface area (TPSA) is 134 Å². The number of hydrogen-bond acceptors (Lipinski definition) is 6. The van der Waals surface area contributed by atoms with Crippen LogP contribution in [-0.4, -0.2) is 37.3 Å². The van der Waals surface area contributed by atoms with Crippen molar-refractivity contribution in [3.63, 3.8) is 0 Å². The molecule has 0 aliphatic rings. The van der Waals surface area contributed by atoms with Crippen LogP contribution in [0.15, 0.2) is 12.4 Å². The third-order valence-corrected chi connectivity index (χ3v) is 2.37. The molecule has 9 heteroatoms. The summed E-state index contributed by atoms with van der Waals surface area (Å²) in [4.78, 5) is 23.6. The standard InChI is InChI=1S/C8H7ClN2O6/c9-5-3(6(12)7(13)8(14)15)1-10-2-4(5)11(16)17/h1-2,6-7,12-13H,(H,14,15). The summed E-state index contributed by atoms with van der Waals surface area (Å²) in [7, 11) is 0. The maximum Gasteiger partial charge on any atom is 0.335 e. The molecule has 0 aliphatic carbocycles. The van der Waals surface area contributed by atoms with Crippen molar-refractivity contribution in [3.8, 4) is 0 Å². The fraction of sp³-hybridized carbons (Fsp3) is 0.250. The van der Waals surface area contributed by atoms with Crippen molar-refractivity contribution in [2.75, 3.05) is 0 Å². The van der Waals surface area contributed by atoms with E-state index in [0.29, 0.717) is 0 Å². The van der Waals surface area contributed by atoms with Gasteiger partial charge in [-0.1, -0.05) is 11.6 Å². The fourth-order valence-electron chi connectivity index (χ4n) is 1.09. The molecule has 0 saturated heterocycles. The van der Waals surface area contributed by atoms with Crippen LogP contribution in [0.3, 0.4) is 0 Å². The van der Waals surface area contributed by atoms with E-state index in [1.807, 2.05) is 0 Å². The molecule has 2 atom stereocenters. The summed E-state index contributed by atoms with van der Waals surface area (Å²) in [5, 5.41) is 37.1. The van der Waals surface area contributed by atoms with E-state index < -0.39 is 33.8 Å². The van der Waals surface area contributed by atoms with Gasteiger partial charge in [-0.05, 0) is 0 Å². The highest BCUT2D eigenvalue weighted by molar-refractivity contribution is 6.33. The summed E-state index contributed by atoms with van der Waals surface area (Å²) in [6.07, 6.45) is -2.23. The molecule has 1 aromatic rings. The van der Waals surface area contributed by atoms with Crippen molar-refractivity contribution in [2.45, 2.75) is 12.2 Å². The number of carboxylic acids is 1. The van der Waals surface area contributed by atoms with Crippen LogP contribution in [-0.2, 0) is 4.79 Å². The normalized spacial score (nSPS) is 14.1. The minimum atomic E-state index is -2.14. The number of rotatable bonds is 4. The molecule has 0 aromatic carbocycles. The molecule has 0 fully saturated rings. The zero-order valence-electron chi connectivity index (χ0n) is 8.15. The number of carboxylic acid groups (broad SMARTS) is 1. The lowest BCUT2D eigenvalue weighted by molar-refractivity contribution is -0.385. The van der Waals surface area contributed by atoms with Gasteiger partial charge >= 0.3 is 11.7 Å². The minimum Gasteiger partial charge on any atom is -0.479 e. The van der Waals surface area contributed by atoms with E-state index >= 15 is 0 Å². The van der Waals surface area contributed by atoms with Crippen molar-refractivity contribution in [2.24, 2.45) is 0 Å². The van der Waals surface area contributed by atoms with E-state index in [4.69, 9.17) is 21.8 Å². The predicted molar refractivity (Wildman–Crippen MR) is 54.5 cm³/mol. The lowest BCUT2D eigenvalue weighted by atomic mass is 10.1. The van der Waals surface area contributed by atoms with Gasteiger partial charge in [0.25, 0.3) is 0 Å². The predicted octanol–water partition coefficient (Wildman–Crippen LogP) is 0.122. The minimum absolute atomic E-state index is 0.323. The van der Waals surface area contributed by atoms with Gasteiger partial charge < -0.3 is 15.3 Å². The number of pyridine rings is 1. The molecule has 17 heavy (non-hydrogen) atoms. The van der Waals surface area contributed by atoms with Gasteiger partial charge in [0.05, 0.1) is 4.92 Å². The molecule has 1 heterocycles. The van der Waals surface area contributed by atoms with Crippen molar-refractivity contribution in [1.82, 2.24) is 4.98 Å². The molecule has 92 valence electrons. The second kappa shape index (κ2) is 5.04. The van der Waals surface area contributed by atoms with Crippen molar-refractivity contribution in [3.05, 3.63) is 33.1 Å². The number of carbonyl (C=O) groups is 1. The monoisotopic (exact) mass is 262 g/mol. The Balaban J connectivity index is 3.19. The Bertz CT molecular complexity index is 465. The Kier molecular flexibility index (Phi) is 3.94. The summed E-state index contributed by atoms with van der Waals surface area (Å²) in [6.45, 7) is 0. The Labute approximate surface area is 99.2 Å². The van der Waals surface area contributed by atoms with Gasteiger partial charge in [0.15, 0.2) is 6.10 Å². The molecule has 0 spiro atoms. The Morgan fingerprint density at radius 1 is 1.47 bits per heavy atom. The van der Waals surface area contributed by atoms with E-state index in [0.717, 1.165) is 12.4 Å². The first-order valence-electron chi connectivity index (χ1n) is 4.23. The maximum atomic E-state index is 10.5. The van der Waals surface area contributed by atoms with Crippen LogP contribution < -0.4 is 0 Å². The Morgan fingerprint density at radius 2 is 2.06 bits per heavy atom. The highest BCUT2D eigenvalue weighted by Crippen LogP contribution is 2.31. The zero-order chi connectivity index (χ0) is 13.2. The first kappa shape index (κ1) is 13.3. The van der Waals surface area contributed by atoms with Crippen LogP contribution in [0.4, 0.5) is 5.69 Å². The quantitative estimate of drug-likeness (QED) is 0.518. The van der Waals surface area contributed by atoms with Crippen LogP contribution in [0.1, 0.15) is 11.7 Å². The summed E-state index contributed by atoms with van der Waals surface area (Å²) in [6, 6.07) is 0. The highest BCUT2D eigenvalue weighted by Gasteiger charge is 2.30. The van der Waals surface area contributed by atoms with Gasteiger partial charge in [-0.25, -0.2) is 4.79 Å². The molecule has 0 amide bonds. The number of nitro groups is 1. The largest absolute Gasteiger partial charge is 0.479 e. The number of halogens is 1. The summed E-state index contributed by atoms with van der Waals surface area (Å²) in [5.41, 5.74) is -0.906. The first-order valence-corrected chi connectivity index (χ1v) is 4.60. The van der Waals surface area contributed by atoms with Crippen LogP contribution in [0, 0.1) is 10.1 Å². The molecular weight excluding hydrogens is 256 g/mol. The van der Waals surface area contributed by atoms with Crippen LogP contribution in [0.2, 0.25) is 5.02 Å². The lowest BCUT2D eigenvalue weighted by Gasteiger charge is -2.14. The molecule has 0 saturated carbocycles. The maximum absolute atomic E-state index is 10.5. The van der Waals surface area contributed by atoms with Gasteiger partial charge in [0.1, 0.15) is 17.3 Å². The van der Waals surface area contributed by atoms with Crippen LogP contribution in [0.5, 0.6) is 0 Å². The number of hydrogen-bond donors (Lipinski definition) is 3. The Hall–Kier alpha value is -1.77. The highest BCUT2D eigenvalue weighted by atomic mass is 35.5.